The number of nitrogens with zero attached hydrogens (tertiary/aromatic N) is 2. The molecular weight excluding hydrogens is 372 g/mol. The van der Waals surface area contributed by atoms with Crippen molar-refractivity contribution in [2.24, 2.45) is 0 Å². The van der Waals surface area contributed by atoms with Crippen molar-refractivity contribution in [1.82, 2.24) is 9.80 Å². The number of morpholine rings is 1. The molecule has 9 heteroatoms. The first kappa shape index (κ1) is 19.2. The lowest BCUT2D eigenvalue weighted by Crippen LogP contribution is -2.46. The van der Waals surface area contributed by atoms with Gasteiger partial charge in [0.05, 0.1) is 32.3 Å². The SMILES string of the molecule is COc1ccc(OC)c(C=C2SC(=O)N(CC(=O)N3CCOCC3)C2=O)c1. The number of hydrogen-bond acceptors (Lipinski definition) is 7. The Kier molecular flexibility index (Phi) is 6.02. The number of imide groups is 1. The van der Waals surface area contributed by atoms with Crippen LogP contribution in [0.1, 0.15) is 5.56 Å². The summed E-state index contributed by atoms with van der Waals surface area (Å²) in [5.41, 5.74) is 0.613. The van der Waals surface area contributed by atoms with E-state index in [-0.39, 0.29) is 17.4 Å². The predicted molar refractivity (Wildman–Crippen MR) is 99.6 cm³/mol. The maximum atomic E-state index is 12.6. The smallest absolute Gasteiger partial charge is 0.294 e. The van der Waals surface area contributed by atoms with Crippen molar-refractivity contribution in [2.45, 2.75) is 0 Å². The quantitative estimate of drug-likeness (QED) is 0.704. The highest BCUT2D eigenvalue weighted by Gasteiger charge is 2.37. The number of benzene rings is 1. The Balaban J connectivity index is 1.77. The van der Waals surface area contributed by atoms with E-state index in [1.807, 2.05) is 0 Å². The summed E-state index contributed by atoms with van der Waals surface area (Å²) in [5, 5.41) is -0.463. The molecule has 1 aromatic rings. The zero-order chi connectivity index (χ0) is 19.4. The Morgan fingerprint density at radius 3 is 2.63 bits per heavy atom. The lowest BCUT2D eigenvalue weighted by atomic mass is 10.1. The summed E-state index contributed by atoms with van der Waals surface area (Å²) >= 11 is 0.805. The topological polar surface area (TPSA) is 85.4 Å². The minimum atomic E-state index is -0.489. The van der Waals surface area contributed by atoms with Crippen molar-refractivity contribution in [3.63, 3.8) is 0 Å². The molecule has 3 amide bonds. The third-order valence-electron chi connectivity index (χ3n) is 4.25. The first-order valence-corrected chi connectivity index (χ1v) is 9.18. The molecule has 0 atom stereocenters. The average molecular weight is 392 g/mol. The molecule has 2 heterocycles. The summed E-state index contributed by atoms with van der Waals surface area (Å²) in [6, 6.07) is 5.17. The molecule has 0 bridgehead atoms. The number of thioether (sulfide) groups is 1. The van der Waals surface area contributed by atoms with Gasteiger partial charge < -0.3 is 19.1 Å². The van der Waals surface area contributed by atoms with E-state index in [2.05, 4.69) is 0 Å². The molecule has 8 nitrogen and oxygen atoms in total. The van der Waals surface area contributed by atoms with Crippen molar-refractivity contribution in [1.29, 1.82) is 0 Å². The third kappa shape index (κ3) is 4.25. The minimum absolute atomic E-state index is 0.237. The number of amides is 3. The van der Waals surface area contributed by atoms with Gasteiger partial charge in [0.2, 0.25) is 5.91 Å². The summed E-state index contributed by atoms with van der Waals surface area (Å²) < 4.78 is 15.7. The van der Waals surface area contributed by atoms with Crippen molar-refractivity contribution < 1.29 is 28.6 Å². The highest BCUT2D eigenvalue weighted by molar-refractivity contribution is 8.18. The van der Waals surface area contributed by atoms with Gasteiger partial charge in [0, 0.05) is 18.7 Å². The van der Waals surface area contributed by atoms with Crippen LogP contribution in [-0.4, -0.2) is 73.9 Å². The molecule has 0 unspecified atom stereocenters. The van der Waals surface area contributed by atoms with Crippen LogP contribution in [0.5, 0.6) is 11.5 Å². The molecular formula is C18H20N2O6S. The van der Waals surface area contributed by atoms with Crippen molar-refractivity contribution >= 4 is 34.9 Å². The molecule has 27 heavy (non-hydrogen) atoms. The Hall–Kier alpha value is -2.52. The second kappa shape index (κ2) is 8.45. The van der Waals surface area contributed by atoms with Crippen LogP contribution in [-0.2, 0) is 14.3 Å². The van der Waals surface area contributed by atoms with Gasteiger partial charge in [0.25, 0.3) is 11.1 Å². The molecule has 2 saturated heterocycles. The van der Waals surface area contributed by atoms with Crippen LogP contribution in [0, 0.1) is 0 Å². The fraction of sp³-hybridized carbons (Fsp3) is 0.389. The molecule has 144 valence electrons. The van der Waals surface area contributed by atoms with Gasteiger partial charge in [0.15, 0.2) is 0 Å². The second-order valence-electron chi connectivity index (χ2n) is 5.87. The number of carbonyl (C=O) groups excluding carboxylic acids is 3. The van der Waals surface area contributed by atoms with Crippen LogP contribution in [0.15, 0.2) is 23.1 Å². The fourth-order valence-electron chi connectivity index (χ4n) is 2.78. The normalized spacial score (nSPS) is 19.0. The maximum Gasteiger partial charge on any atom is 0.294 e. The maximum absolute atomic E-state index is 12.6. The van der Waals surface area contributed by atoms with Crippen LogP contribution in [0.2, 0.25) is 0 Å². The van der Waals surface area contributed by atoms with Gasteiger partial charge in [-0.2, -0.15) is 0 Å². The van der Waals surface area contributed by atoms with Gasteiger partial charge in [-0.15, -0.1) is 0 Å². The standard InChI is InChI=1S/C18H20N2O6S/c1-24-13-3-4-14(25-2)12(9-13)10-15-17(22)20(18(23)27-15)11-16(21)19-5-7-26-8-6-19/h3-4,9-10H,5-8,11H2,1-2H3. The number of methoxy groups -OCH3 is 2. The van der Waals surface area contributed by atoms with Gasteiger partial charge in [-0.1, -0.05) is 0 Å². The highest BCUT2D eigenvalue weighted by Crippen LogP contribution is 2.35. The van der Waals surface area contributed by atoms with E-state index in [1.54, 1.807) is 29.2 Å². The van der Waals surface area contributed by atoms with Crippen LogP contribution in [0.3, 0.4) is 0 Å². The molecule has 2 aliphatic rings. The summed E-state index contributed by atoms with van der Waals surface area (Å²) in [6.07, 6.45) is 1.57. The highest BCUT2D eigenvalue weighted by atomic mass is 32.2. The lowest BCUT2D eigenvalue weighted by molar-refractivity contribution is -0.139. The van der Waals surface area contributed by atoms with Crippen LogP contribution >= 0.6 is 11.8 Å². The van der Waals surface area contributed by atoms with Gasteiger partial charge in [-0.25, -0.2) is 0 Å². The second-order valence-corrected chi connectivity index (χ2v) is 6.86. The Labute approximate surface area is 161 Å². The van der Waals surface area contributed by atoms with E-state index in [0.717, 1.165) is 16.7 Å². The largest absolute Gasteiger partial charge is 0.497 e. The zero-order valence-corrected chi connectivity index (χ0v) is 15.9. The molecule has 0 radical (unpaired) electrons. The molecule has 0 saturated carbocycles. The van der Waals surface area contributed by atoms with E-state index in [4.69, 9.17) is 14.2 Å². The number of carbonyl (C=O) groups is 3. The average Bonchev–Trinajstić information content (AvgIpc) is 2.95. The summed E-state index contributed by atoms with van der Waals surface area (Å²) in [6.45, 7) is 1.58. The lowest BCUT2D eigenvalue weighted by Gasteiger charge is -2.28. The number of hydrogen-bond donors (Lipinski definition) is 0. The summed E-state index contributed by atoms with van der Waals surface area (Å²) in [4.78, 5) is 40.1. The third-order valence-corrected chi connectivity index (χ3v) is 5.16. The molecule has 0 spiro atoms. The van der Waals surface area contributed by atoms with E-state index >= 15 is 0 Å². The Morgan fingerprint density at radius 1 is 1.22 bits per heavy atom. The Bertz CT molecular complexity index is 788. The predicted octanol–water partition coefficient (Wildman–Crippen LogP) is 1.60. The molecule has 2 aliphatic heterocycles. The summed E-state index contributed by atoms with van der Waals surface area (Å²) in [5.74, 6) is 0.396. The van der Waals surface area contributed by atoms with Gasteiger partial charge in [-0.05, 0) is 36.0 Å². The first-order chi connectivity index (χ1) is 13.0. The van der Waals surface area contributed by atoms with Crippen LogP contribution in [0.4, 0.5) is 4.79 Å². The molecule has 2 fully saturated rings. The van der Waals surface area contributed by atoms with Crippen molar-refractivity contribution in [2.75, 3.05) is 47.1 Å². The van der Waals surface area contributed by atoms with E-state index in [9.17, 15) is 14.4 Å². The molecule has 1 aromatic carbocycles. The van der Waals surface area contributed by atoms with Gasteiger partial charge in [-0.3, -0.25) is 19.3 Å². The van der Waals surface area contributed by atoms with Crippen molar-refractivity contribution in [3.8, 4) is 11.5 Å². The monoisotopic (exact) mass is 392 g/mol. The van der Waals surface area contributed by atoms with E-state index in [0.29, 0.717) is 43.4 Å². The van der Waals surface area contributed by atoms with Crippen LogP contribution < -0.4 is 9.47 Å². The molecule has 0 aromatic heterocycles. The minimum Gasteiger partial charge on any atom is -0.497 e. The Morgan fingerprint density at radius 2 is 1.96 bits per heavy atom. The van der Waals surface area contributed by atoms with Crippen molar-refractivity contribution in [3.05, 3.63) is 28.7 Å². The number of ether oxygens (including phenoxy) is 3. The zero-order valence-electron chi connectivity index (χ0n) is 15.1. The van der Waals surface area contributed by atoms with E-state index < -0.39 is 11.1 Å². The summed E-state index contributed by atoms with van der Waals surface area (Å²) in [7, 11) is 3.06. The first-order valence-electron chi connectivity index (χ1n) is 8.36. The van der Waals surface area contributed by atoms with E-state index in [1.165, 1.54) is 14.2 Å². The molecule has 3 rings (SSSR count). The van der Waals surface area contributed by atoms with Gasteiger partial charge >= 0.3 is 0 Å². The molecule has 0 aliphatic carbocycles. The fourth-order valence-corrected chi connectivity index (χ4v) is 3.61. The number of rotatable bonds is 5. The van der Waals surface area contributed by atoms with Crippen LogP contribution in [0.25, 0.3) is 6.08 Å². The van der Waals surface area contributed by atoms with Gasteiger partial charge in [0.1, 0.15) is 18.0 Å². The molecule has 0 N–H and O–H groups in total.